The van der Waals surface area contributed by atoms with Gasteiger partial charge in [0.05, 0.1) is 0 Å². The van der Waals surface area contributed by atoms with Crippen LogP contribution in [0.1, 0.15) is 12.5 Å². The number of benzene rings is 2. The number of fused-ring (bicyclic) bond motifs is 1. The van der Waals surface area contributed by atoms with Gasteiger partial charge in [0.15, 0.2) is 11.5 Å². The highest BCUT2D eigenvalue weighted by Gasteiger charge is 2.14. The molecule has 2 aromatic rings. The molecule has 2 aromatic carbocycles. The second kappa shape index (κ2) is 5.87. The van der Waals surface area contributed by atoms with Crippen molar-refractivity contribution in [2.75, 3.05) is 24.7 Å². The van der Waals surface area contributed by atoms with Gasteiger partial charge >= 0.3 is 0 Å². The van der Waals surface area contributed by atoms with Gasteiger partial charge in [-0.3, -0.25) is 0 Å². The molecule has 0 atom stereocenters. The van der Waals surface area contributed by atoms with Gasteiger partial charge in [0.2, 0.25) is 0 Å². The van der Waals surface area contributed by atoms with E-state index in [4.69, 9.17) is 9.47 Å². The third-order valence-electron chi connectivity index (χ3n) is 3.49. The van der Waals surface area contributed by atoms with E-state index in [2.05, 4.69) is 48.2 Å². The van der Waals surface area contributed by atoms with Crippen molar-refractivity contribution >= 4 is 5.69 Å². The number of hydrogen-bond donors (Lipinski definition) is 0. The minimum Gasteiger partial charge on any atom is -0.486 e. The molecule has 0 radical (unpaired) electrons. The van der Waals surface area contributed by atoms with E-state index in [0.29, 0.717) is 13.2 Å². The SMILES string of the molecule is CCN(Cc1ccccc1)c1ccc2c(c1)OCCO2. The van der Waals surface area contributed by atoms with Gasteiger partial charge in [-0.15, -0.1) is 0 Å². The van der Waals surface area contributed by atoms with Crippen molar-refractivity contribution in [3.63, 3.8) is 0 Å². The molecule has 0 saturated heterocycles. The summed E-state index contributed by atoms with van der Waals surface area (Å²) in [6.07, 6.45) is 0. The second-order valence-corrected chi connectivity index (χ2v) is 4.83. The highest BCUT2D eigenvalue weighted by molar-refractivity contribution is 5.57. The largest absolute Gasteiger partial charge is 0.486 e. The van der Waals surface area contributed by atoms with Crippen LogP contribution in [0, 0.1) is 0 Å². The molecule has 104 valence electrons. The first-order chi connectivity index (χ1) is 9.86. The zero-order valence-electron chi connectivity index (χ0n) is 11.7. The predicted molar refractivity (Wildman–Crippen MR) is 80.6 cm³/mol. The maximum absolute atomic E-state index is 5.66. The van der Waals surface area contributed by atoms with E-state index in [1.54, 1.807) is 0 Å². The van der Waals surface area contributed by atoms with Crippen LogP contribution in [0.25, 0.3) is 0 Å². The summed E-state index contributed by atoms with van der Waals surface area (Å²) in [6.45, 7) is 5.28. The van der Waals surface area contributed by atoms with Crippen LogP contribution < -0.4 is 14.4 Å². The summed E-state index contributed by atoms with van der Waals surface area (Å²) in [6, 6.07) is 16.7. The molecule has 0 fully saturated rings. The zero-order valence-corrected chi connectivity index (χ0v) is 11.7. The molecule has 3 heteroatoms. The third kappa shape index (κ3) is 2.72. The summed E-state index contributed by atoms with van der Waals surface area (Å²) in [5, 5.41) is 0. The Morgan fingerprint density at radius 3 is 2.45 bits per heavy atom. The lowest BCUT2D eigenvalue weighted by Gasteiger charge is -2.26. The number of anilines is 1. The van der Waals surface area contributed by atoms with Gasteiger partial charge in [0.25, 0.3) is 0 Å². The van der Waals surface area contributed by atoms with Crippen LogP contribution in [0.15, 0.2) is 48.5 Å². The Balaban J connectivity index is 1.82. The van der Waals surface area contributed by atoms with Crippen molar-refractivity contribution in [2.24, 2.45) is 0 Å². The van der Waals surface area contributed by atoms with Gasteiger partial charge in [-0.1, -0.05) is 30.3 Å². The monoisotopic (exact) mass is 269 g/mol. The van der Waals surface area contributed by atoms with Crippen LogP contribution >= 0.6 is 0 Å². The van der Waals surface area contributed by atoms with Gasteiger partial charge in [0, 0.05) is 24.8 Å². The first-order valence-electron chi connectivity index (χ1n) is 7.05. The van der Waals surface area contributed by atoms with E-state index in [1.165, 1.54) is 11.3 Å². The molecule has 0 bridgehead atoms. The van der Waals surface area contributed by atoms with Gasteiger partial charge in [-0.05, 0) is 24.6 Å². The number of hydrogen-bond acceptors (Lipinski definition) is 3. The van der Waals surface area contributed by atoms with Crippen LogP contribution in [0.5, 0.6) is 11.5 Å². The molecule has 0 spiro atoms. The first kappa shape index (κ1) is 12.9. The highest BCUT2D eigenvalue weighted by atomic mass is 16.6. The van der Waals surface area contributed by atoms with Gasteiger partial charge < -0.3 is 14.4 Å². The normalized spacial score (nSPS) is 13.1. The number of ether oxygens (including phenoxy) is 2. The molecule has 1 aliphatic heterocycles. The fourth-order valence-corrected chi connectivity index (χ4v) is 2.42. The lowest BCUT2D eigenvalue weighted by molar-refractivity contribution is 0.171. The number of rotatable bonds is 4. The predicted octanol–water partition coefficient (Wildman–Crippen LogP) is 3.48. The van der Waals surface area contributed by atoms with Crippen molar-refractivity contribution in [3.05, 3.63) is 54.1 Å². The lowest BCUT2D eigenvalue weighted by atomic mass is 10.2. The van der Waals surface area contributed by atoms with E-state index >= 15 is 0 Å². The van der Waals surface area contributed by atoms with E-state index < -0.39 is 0 Å². The Morgan fingerprint density at radius 2 is 1.70 bits per heavy atom. The molecule has 0 unspecified atom stereocenters. The van der Waals surface area contributed by atoms with Crippen LogP contribution in [-0.4, -0.2) is 19.8 Å². The van der Waals surface area contributed by atoms with Crippen molar-refractivity contribution in [3.8, 4) is 11.5 Å². The summed E-state index contributed by atoms with van der Waals surface area (Å²) in [7, 11) is 0. The fraction of sp³-hybridized carbons (Fsp3) is 0.294. The molecule has 1 heterocycles. The maximum Gasteiger partial charge on any atom is 0.163 e. The summed E-state index contributed by atoms with van der Waals surface area (Å²) in [4.78, 5) is 2.33. The zero-order chi connectivity index (χ0) is 13.8. The molecular formula is C17H19NO2. The molecule has 1 aliphatic rings. The average Bonchev–Trinajstić information content (AvgIpc) is 2.53. The molecule has 3 rings (SSSR count). The molecular weight excluding hydrogens is 250 g/mol. The van der Waals surface area contributed by atoms with Gasteiger partial charge in [-0.2, -0.15) is 0 Å². The molecule has 0 N–H and O–H groups in total. The summed E-state index contributed by atoms with van der Waals surface area (Å²) in [5.41, 5.74) is 2.48. The Kier molecular flexibility index (Phi) is 3.77. The minimum atomic E-state index is 0.626. The summed E-state index contributed by atoms with van der Waals surface area (Å²) < 4.78 is 11.2. The Hall–Kier alpha value is -2.16. The van der Waals surface area contributed by atoms with Crippen molar-refractivity contribution in [1.29, 1.82) is 0 Å². The van der Waals surface area contributed by atoms with Crippen molar-refractivity contribution in [2.45, 2.75) is 13.5 Å². The van der Waals surface area contributed by atoms with E-state index in [1.807, 2.05) is 12.1 Å². The van der Waals surface area contributed by atoms with Crippen molar-refractivity contribution in [1.82, 2.24) is 0 Å². The Bertz CT molecular complexity index is 568. The first-order valence-corrected chi connectivity index (χ1v) is 7.05. The smallest absolute Gasteiger partial charge is 0.163 e. The van der Waals surface area contributed by atoms with Crippen LogP contribution in [0.4, 0.5) is 5.69 Å². The molecule has 0 amide bonds. The number of nitrogens with zero attached hydrogens (tertiary/aromatic N) is 1. The van der Waals surface area contributed by atoms with E-state index in [-0.39, 0.29) is 0 Å². The third-order valence-corrected chi connectivity index (χ3v) is 3.49. The van der Waals surface area contributed by atoms with Gasteiger partial charge in [0.1, 0.15) is 13.2 Å². The van der Waals surface area contributed by atoms with Crippen LogP contribution in [-0.2, 0) is 6.54 Å². The highest BCUT2D eigenvalue weighted by Crippen LogP contribution is 2.34. The second-order valence-electron chi connectivity index (χ2n) is 4.83. The topological polar surface area (TPSA) is 21.7 Å². The Morgan fingerprint density at radius 1 is 0.950 bits per heavy atom. The quantitative estimate of drug-likeness (QED) is 0.848. The van der Waals surface area contributed by atoms with Gasteiger partial charge in [-0.25, -0.2) is 0 Å². The standard InChI is InChI=1S/C17H19NO2/c1-2-18(13-14-6-4-3-5-7-14)15-8-9-16-17(12-15)20-11-10-19-16/h3-9,12H,2,10-11,13H2,1H3. The minimum absolute atomic E-state index is 0.626. The fourth-order valence-electron chi connectivity index (χ4n) is 2.42. The molecule has 0 aromatic heterocycles. The molecule has 3 nitrogen and oxygen atoms in total. The van der Waals surface area contributed by atoms with Crippen molar-refractivity contribution < 1.29 is 9.47 Å². The lowest BCUT2D eigenvalue weighted by Crippen LogP contribution is -2.22. The average molecular weight is 269 g/mol. The summed E-state index contributed by atoms with van der Waals surface area (Å²) in [5.74, 6) is 1.69. The van der Waals surface area contributed by atoms with Crippen LogP contribution in [0.2, 0.25) is 0 Å². The van der Waals surface area contributed by atoms with E-state index in [0.717, 1.165) is 24.6 Å². The maximum atomic E-state index is 5.66. The summed E-state index contributed by atoms with van der Waals surface area (Å²) >= 11 is 0. The molecule has 20 heavy (non-hydrogen) atoms. The molecule has 0 saturated carbocycles. The van der Waals surface area contributed by atoms with E-state index in [9.17, 15) is 0 Å². The Labute approximate surface area is 119 Å². The van der Waals surface area contributed by atoms with Crippen LogP contribution in [0.3, 0.4) is 0 Å². The molecule has 0 aliphatic carbocycles.